The Morgan fingerprint density at radius 3 is 2.65 bits per heavy atom. The maximum atomic E-state index is 11.8. The van der Waals surface area contributed by atoms with Crippen LogP contribution in [0.1, 0.15) is 40.1 Å². The topological polar surface area (TPSA) is 83.7 Å². The smallest absolute Gasteiger partial charge is 0.358 e. The molecule has 6 heteroatoms. The normalized spacial score (nSPS) is 10.5. The molecule has 6 nitrogen and oxygen atoms in total. The fourth-order valence-electron chi connectivity index (χ4n) is 2.98. The van der Waals surface area contributed by atoms with Crippen LogP contribution in [-0.2, 0) is 11.3 Å². The number of nitrogens with one attached hydrogen (secondary N) is 1. The molecule has 2 aromatic heterocycles. The summed E-state index contributed by atoms with van der Waals surface area (Å²) < 4.78 is 7.13. The molecule has 0 radical (unpaired) electrons. The molecule has 26 heavy (non-hydrogen) atoms. The number of hydrogen-bond acceptors (Lipinski definition) is 4. The van der Waals surface area contributed by atoms with Crippen LogP contribution in [0.5, 0.6) is 0 Å². The van der Waals surface area contributed by atoms with E-state index in [0.29, 0.717) is 18.7 Å². The van der Waals surface area contributed by atoms with E-state index in [1.54, 1.807) is 13.0 Å². The van der Waals surface area contributed by atoms with E-state index in [4.69, 9.17) is 10.00 Å². The molecular formula is C20H20N4O2. The summed E-state index contributed by atoms with van der Waals surface area (Å²) >= 11 is 0. The first-order chi connectivity index (χ1) is 12.5. The van der Waals surface area contributed by atoms with Crippen molar-refractivity contribution in [2.45, 2.75) is 27.3 Å². The summed E-state index contributed by atoms with van der Waals surface area (Å²) in [6, 6.07) is 13.5. The van der Waals surface area contributed by atoms with Crippen molar-refractivity contribution in [2.24, 2.45) is 0 Å². The van der Waals surface area contributed by atoms with Crippen molar-refractivity contribution in [3.05, 3.63) is 64.7 Å². The van der Waals surface area contributed by atoms with Gasteiger partial charge in [0.25, 0.3) is 0 Å². The van der Waals surface area contributed by atoms with Crippen molar-refractivity contribution < 1.29 is 9.53 Å². The van der Waals surface area contributed by atoms with Gasteiger partial charge in [-0.3, -0.25) is 5.10 Å². The number of esters is 1. The number of aromatic amines is 1. The van der Waals surface area contributed by atoms with E-state index in [0.717, 1.165) is 28.2 Å². The summed E-state index contributed by atoms with van der Waals surface area (Å²) in [5.74, 6) is -0.422. The molecule has 1 aromatic carbocycles. The summed E-state index contributed by atoms with van der Waals surface area (Å²) in [6.07, 6.45) is 0. The third-order valence-corrected chi connectivity index (χ3v) is 4.34. The van der Waals surface area contributed by atoms with Crippen LogP contribution in [0.25, 0.3) is 11.1 Å². The second-order valence-electron chi connectivity index (χ2n) is 6.06. The molecule has 2 heterocycles. The molecule has 0 aliphatic heterocycles. The van der Waals surface area contributed by atoms with Gasteiger partial charge in [-0.05, 0) is 50.6 Å². The maximum Gasteiger partial charge on any atom is 0.358 e. The lowest BCUT2D eigenvalue weighted by Crippen LogP contribution is -2.05. The first-order valence-electron chi connectivity index (χ1n) is 8.42. The minimum absolute atomic E-state index is 0.289. The molecular weight excluding hydrogens is 328 g/mol. The number of nitrogens with zero attached hydrogens (tertiary/aromatic N) is 3. The summed E-state index contributed by atoms with van der Waals surface area (Å²) in [7, 11) is 0. The molecule has 0 amide bonds. The Balaban J connectivity index is 1.86. The fourth-order valence-corrected chi connectivity index (χ4v) is 2.98. The average molecular weight is 348 g/mol. The van der Waals surface area contributed by atoms with Crippen LogP contribution in [-0.4, -0.2) is 27.3 Å². The van der Waals surface area contributed by atoms with Crippen LogP contribution >= 0.6 is 0 Å². The third-order valence-electron chi connectivity index (χ3n) is 4.34. The van der Waals surface area contributed by atoms with Crippen LogP contribution in [0.3, 0.4) is 0 Å². The number of aryl methyl sites for hydroxylation is 1. The first kappa shape index (κ1) is 17.5. The van der Waals surface area contributed by atoms with Gasteiger partial charge in [0.1, 0.15) is 0 Å². The van der Waals surface area contributed by atoms with Gasteiger partial charge in [0.2, 0.25) is 0 Å². The molecule has 3 aromatic rings. The Bertz CT molecular complexity index is 974. The number of ether oxygens (including phenoxy) is 1. The Labute approximate surface area is 152 Å². The number of benzene rings is 1. The van der Waals surface area contributed by atoms with Crippen LogP contribution in [0.2, 0.25) is 0 Å². The number of H-pyrrole nitrogens is 1. The molecule has 132 valence electrons. The highest BCUT2D eigenvalue weighted by Crippen LogP contribution is 2.27. The van der Waals surface area contributed by atoms with Gasteiger partial charge in [-0.2, -0.15) is 10.4 Å². The second kappa shape index (κ2) is 7.28. The molecule has 0 fully saturated rings. The van der Waals surface area contributed by atoms with E-state index in [1.165, 1.54) is 0 Å². The Hall–Kier alpha value is -3.33. The highest BCUT2D eigenvalue weighted by Gasteiger charge is 2.15. The SMILES string of the molecule is CCOC(=O)c1cc(Cn2c(C)cc(-c3ccc(C#N)cc3)c2C)[nH]n1. The number of carbonyl (C=O) groups excluding carboxylic acids is 1. The quantitative estimate of drug-likeness (QED) is 0.714. The Morgan fingerprint density at radius 1 is 1.27 bits per heavy atom. The summed E-state index contributed by atoms with van der Waals surface area (Å²) in [5, 5.41) is 15.9. The Morgan fingerprint density at radius 2 is 2.00 bits per heavy atom. The van der Waals surface area contributed by atoms with Crippen molar-refractivity contribution in [3.63, 3.8) is 0 Å². The second-order valence-corrected chi connectivity index (χ2v) is 6.06. The van der Waals surface area contributed by atoms with E-state index in [1.807, 2.05) is 31.2 Å². The molecule has 0 saturated heterocycles. The summed E-state index contributed by atoms with van der Waals surface area (Å²) in [4.78, 5) is 11.8. The number of aromatic nitrogens is 3. The van der Waals surface area contributed by atoms with Gasteiger partial charge in [-0.15, -0.1) is 0 Å². The largest absolute Gasteiger partial charge is 0.461 e. The molecule has 0 spiro atoms. The van der Waals surface area contributed by atoms with Gasteiger partial charge >= 0.3 is 5.97 Å². The van der Waals surface area contributed by atoms with E-state index >= 15 is 0 Å². The first-order valence-corrected chi connectivity index (χ1v) is 8.42. The maximum absolute atomic E-state index is 11.8. The lowest BCUT2D eigenvalue weighted by atomic mass is 10.0. The standard InChI is InChI=1S/C20H20N4O2/c1-4-26-20(25)19-10-17(22-23-19)12-24-13(2)9-18(14(24)3)16-7-5-15(11-21)6-8-16/h5-10H,4,12H2,1-3H3,(H,22,23). The lowest BCUT2D eigenvalue weighted by molar-refractivity contribution is 0.0519. The highest BCUT2D eigenvalue weighted by molar-refractivity contribution is 5.87. The van der Waals surface area contributed by atoms with Crippen molar-refractivity contribution in [1.82, 2.24) is 14.8 Å². The number of rotatable bonds is 5. The van der Waals surface area contributed by atoms with Gasteiger partial charge in [0.05, 0.1) is 30.5 Å². The highest BCUT2D eigenvalue weighted by atomic mass is 16.5. The molecule has 0 unspecified atom stereocenters. The summed E-state index contributed by atoms with van der Waals surface area (Å²) in [5.41, 5.74) is 6.18. The van der Waals surface area contributed by atoms with E-state index in [9.17, 15) is 4.79 Å². The fraction of sp³-hybridized carbons (Fsp3) is 0.250. The molecule has 0 atom stereocenters. The van der Waals surface area contributed by atoms with Gasteiger partial charge in [-0.1, -0.05) is 12.1 Å². The molecule has 0 aliphatic carbocycles. The van der Waals surface area contributed by atoms with Crippen LogP contribution in [0, 0.1) is 25.2 Å². The van der Waals surface area contributed by atoms with Crippen LogP contribution in [0.15, 0.2) is 36.4 Å². The van der Waals surface area contributed by atoms with E-state index in [-0.39, 0.29) is 5.69 Å². The average Bonchev–Trinajstić information content (AvgIpc) is 3.22. The van der Waals surface area contributed by atoms with Gasteiger partial charge < -0.3 is 9.30 Å². The predicted molar refractivity (Wildman–Crippen MR) is 97.7 cm³/mol. The molecule has 0 aliphatic rings. The zero-order chi connectivity index (χ0) is 18.7. The van der Waals surface area contributed by atoms with Crippen LogP contribution in [0.4, 0.5) is 0 Å². The van der Waals surface area contributed by atoms with Crippen molar-refractivity contribution >= 4 is 5.97 Å². The third kappa shape index (κ3) is 3.38. The predicted octanol–water partition coefficient (Wildman–Crippen LogP) is 3.59. The molecule has 1 N–H and O–H groups in total. The van der Waals surface area contributed by atoms with E-state index in [2.05, 4.69) is 33.8 Å². The number of hydrogen-bond donors (Lipinski definition) is 1. The minimum atomic E-state index is -0.422. The molecule has 0 bridgehead atoms. The molecule has 3 rings (SSSR count). The summed E-state index contributed by atoms with van der Waals surface area (Å²) in [6.45, 7) is 6.78. The minimum Gasteiger partial charge on any atom is -0.461 e. The number of carbonyl (C=O) groups is 1. The molecule has 0 saturated carbocycles. The monoisotopic (exact) mass is 348 g/mol. The van der Waals surface area contributed by atoms with Crippen molar-refractivity contribution in [3.8, 4) is 17.2 Å². The van der Waals surface area contributed by atoms with Gasteiger partial charge in [0, 0.05) is 17.0 Å². The zero-order valence-corrected chi connectivity index (χ0v) is 15.0. The van der Waals surface area contributed by atoms with Crippen LogP contribution < -0.4 is 0 Å². The van der Waals surface area contributed by atoms with Gasteiger partial charge in [0.15, 0.2) is 5.69 Å². The van der Waals surface area contributed by atoms with Gasteiger partial charge in [-0.25, -0.2) is 4.79 Å². The van der Waals surface area contributed by atoms with Crippen molar-refractivity contribution in [1.29, 1.82) is 5.26 Å². The number of nitriles is 1. The Kier molecular flexibility index (Phi) is 4.90. The van der Waals surface area contributed by atoms with Crippen molar-refractivity contribution in [2.75, 3.05) is 6.61 Å². The zero-order valence-electron chi connectivity index (χ0n) is 15.0. The lowest BCUT2D eigenvalue weighted by Gasteiger charge is -2.08. The van der Waals surface area contributed by atoms with E-state index < -0.39 is 5.97 Å².